The van der Waals surface area contributed by atoms with Gasteiger partial charge in [-0.2, -0.15) is 5.10 Å². The smallest absolute Gasteiger partial charge is 0.222 e. The number of nitrogens with one attached hydrogen (secondary N) is 1. The Morgan fingerprint density at radius 3 is 2.75 bits per heavy atom. The first kappa shape index (κ1) is 21.9. The van der Waals surface area contributed by atoms with E-state index in [1.54, 1.807) is 12.4 Å². The van der Waals surface area contributed by atoms with E-state index >= 15 is 0 Å². The minimum Gasteiger partial charge on any atom is -0.352 e. The van der Waals surface area contributed by atoms with Gasteiger partial charge < -0.3 is 10.2 Å². The van der Waals surface area contributed by atoms with Crippen molar-refractivity contribution in [1.82, 2.24) is 29.8 Å². The lowest BCUT2D eigenvalue weighted by molar-refractivity contribution is -0.129. The normalized spacial score (nSPS) is 16.0. The Balaban J connectivity index is 1.44. The third kappa shape index (κ3) is 4.64. The predicted molar refractivity (Wildman–Crippen MR) is 121 cm³/mol. The molecule has 1 atom stereocenters. The molecule has 0 unspecified atom stereocenters. The highest BCUT2D eigenvalue weighted by atomic mass is 16.2. The SMILES string of the molecule is CCC(=O)N1CC[C@@H](c2cc3nc(C)c(CCC(=O)NCc4ccncc4)c(C)n3n2)C1. The maximum Gasteiger partial charge on any atom is 0.222 e. The van der Waals surface area contributed by atoms with Gasteiger partial charge in [-0.15, -0.1) is 0 Å². The van der Waals surface area contributed by atoms with Crippen molar-refractivity contribution < 1.29 is 9.59 Å². The van der Waals surface area contributed by atoms with Crippen molar-refractivity contribution in [3.8, 4) is 0 Å². The minimum atomic E-state index is 0.00787. The summed E-state index contributed by atoms with van der Waals surface area (Å²) < 4.78 is 1.89. The van der Waals surface area contributed by atoms with E-state index in [4.69, 9.17) is 10.1 Å². The monoisotopic (exact) mass is 434 g/mol. The van der Waals surface area contributed by atoms with Crippen molar-refractivity contribution in [2.24, 2.45) is 0 Å². The molecule has 2 amide bonds. The molecule has 0 aromatic carbocycles. The number of pyridine rings is 1. The summed E-state index contributed by atoms with van der Waals surface area (Å²) in [6.45, 7) is 7.93. The second-order valence-electron chi connectivity index (χ2n) is 8.41. The van der Waals surface area contributed by atoms with Crippen LogP contribution in [0.2, 0.25) is 0 Å². The van der Waals surface area contributed by atoms with Gasteiger partial charge in [-0.05, 0) is 49.9 Å². The van der Waals surface area contributed by atoms with E-state index in [2.05, 4.69) is 10.3 Å². The topological polar surface area (TPSA) is 92.5 Å². The van der Waals surface area contributed by atoms with Crippen LogP contribution >= 0.6 is 0 Å². The Labute approximate surface area is 188 Å². The van der Waals surface area contributed by atoms with E-state index in [1.807, 2.05) is 48.4 Å². The molecule has 0 radical (unpaired) electrons. The molecule has 8 nitrogen and oxygen atoms in total. The molecular weight excluding hydrogens is 404 g/mol. The molecule has 3 aromatic heterocycles. The van der Waals surface area contributed by atoms with Crippen LogP contribution in [0.3, 0.4) is 0 Å². The molecule has 0 bridgehead atoms. The van der Waals surface area contributed by atoms with Gasteiger partial charge in [0.2, 0.25) is 11.8 Å². The van der Waals surface area contributed by atoms with Crippen LogP contribution in [0.5, 0.6) is 0 Å². The number of aryl methyl sites for hydroxylation is 2. The molecule has 32 heavy (non-hydrogen) atoms. The lowest BCUT2D eigenvalue weighted by atomic mass is 10.1. The second kappa shape index (κ2) is 9.46. The Bertz CT molecular complexity index is 1120. The van der Waals surface area contributed by atoms with Crippen molar-refractivity contribution >= 4 is 17.5 Å². The molecule has 4 heterocycles. The van der Waals surface area contributed by atoms with Crippen LogP contribution in [0.15, 0.2) is 30.6 Å². The Morgan fingerprint density at radius 1 is 1.22 bits per heavy atom. The molecular formula is C24H30N6O2. The average molecular weight is 435 g/mol. The molecule has 1 aliphatic heterocycles. The van der Waals surface area contributed by atoms with Gasteiger partial charge in [-0.1, -0.05) is 6.92 Å². The Hall–Kier alpha value is -3.29. The third-order valence-electron chi connectivity index (χ3n) is 6.29. The molecule has 8 heteroatoms. The van der Waals surface area contributed by atoms with Crippen LogP contribution in [0.1, 0.15) is 60.3 Å². The van der Waals surface area contributed by atoms with Gasteiger partial charge in [0.25, 0.3) is 0 Å². The van der Waals surface area contributed by atoms with Gasteiger partial charge in [0.15, 0.2) is 5.65 Å². The summed E-state index contributed by atoms with van der Waals surface area (Å²) in [6, 6.07) is 5.82. The highest BCUT2D eigenvalue weighted by Crippen LogP contribution is 2.28. The number of carbonyl (C=O) groups excluding carboxylic acids is 2. The van der Waals surface area contributed by atoms with Crippen molar-refractivity contribution in [3.05, 3.63) is 58.8 Å². The fraction of sp³-hybridized carbons (Fsp3) is 0.458. The van der Waals surface area contributed by atoms with E-state index in [1.165, 1.54) is 0 Å². The molecule has 4 rings (SSSR count). The molecule has 1 saturated heterocycles. The van der Waals surface area contributed by atoms with Crippen LogP contribution in [0.25, 0.3) is 5.65 Å². The zero-order valence-corrected chi connectivity index (χ0v) is 19.0. The van der Waals surface area contributed by atoms with Gasteiger partial charge in [0.05, 0.1) is 5.69 Å². The first-order chi connectivity index (χ1) is 15.5. The van der Waals surface area contributed by atoms with E-state index in [-0.39, 0.29) is 17.7 Å². The van der Waals surface area contributed by atoms with Gasteiger partial charge in [-0.25, -0.2) is 9.50 Å². The van der Waals surface area contributed by atoms with Crippen LogP contribution in [-0.2, 0) is 22.6 Å². The largest absolute Gasteiger partial charge is 0.352 e. The van der Waals surface area contributed by atoms with Crippen LogP contribution < -0.4 is 5.32 Å². The number of aromatic nitrogens is 4. The fourth-order valence-electron chi connectivity index (χ4n) is 4.39. The first-order valence-electron chi connectivity index (χ1n) is 11.3. The maximum absolute atomic E-state index is 12.4. The van der Waals surface area contributed by atoms with Crippen LogP contribution in [0, 0.1) is 13.8 Å². The number of hydrogen-bond acceptors (Lipinski definition) is 5. The highest BCUT2D eigenvalue weighted by molar-refractivity contribution is 5.76. The van der Waals surface area contributed by atoms with Crippen molar-refractivity contribution in [1.29, 1.82) is 0 Å². The summed E-state index contributed by atoms with van der Waals surface area (Å²) in [5, 5.41) is 7.79. The van der Waals surface area contributed by atoms with Crippen molar-refractivity contribution in [2.75, 3.05) is 13.1 Å². The number of carbonyl (C=O) groups is 2. The van der Waals surface area contributed by atoms with E-state index in [9.17, 15) is 9.59 Å². The summed E-state index contributed by atoms with van der Waals surface area (Å²) in [6.07, 6.45) is 5.91. The number of nitrogens with zero attached hydrogens (tertiary/aromatic N) is 5. The zero-order valence-electron chi connectivity index (χ0n) is 19.0. The molecule has 3 aromatic rings. The zero-order chi connectivity index (χ0) is 22.7. The molecule has 1 aliphatic rings. The van der Waals surface area contributed by atoms with Gasteiger partial charge in [0.1, 0.15) is 0 Å². The number of likely N-dealkylation sites (tertiary alicyclic amines) is 1. The number of hydrogen-bond donors (Lipinski definition) is 1. The van der Waals surface area contributed by atoms with Gasteiger partial charge >= 0.3 is 0 Å². The van der Waals surface area contributed by atoms with Gasteiger partial charge in [-0.3, -0.25) is 14.6 Å². The predicted octanol–water partition coefficient (Wildman–Crippen LogP) is 2.72. The standard InChI is InChI=1S/C24H30N6O2/c1-4-24(32)29-12-9-19(15-29)21-13-22-27-16(2)20(17(3)30(22)28-21)5-6-23(31)26-14-18-7-10-25-11-8-18/h7-8,10-11,13,19H,4-6,9,12,14-15H2,1-3H3,(H,26,31)/t19-/m1/s1. The number of fused-ring (bicyclic) bond motifs is 1. The Morgan fingerprint density at radius 2 is 2.00 bits per heavy atom. The van der Waals surface area contributed by atoms with Gasteiger partial charge in [0, 0.05) is 68.2 Å². The molecule has 168 valence electrons. The summed E-state index contributed by atoms with van der Waals surface area (Å²) in [7, 11) is 0. The quantitative estimate of drug-likeness (QED) is 0.617. The molecule has 0 aliphatic carbocycles. The first-order valence-corrected chi connectivity index (χ1v) is 11.3. The third-order valence-corrected chi connectivity index (χ3v) is 6.29. The highest BCUT2D eigenvalue weighted by Gasteiger charge is 2.28. The van der Waals surface area contributed by atoms with Crippen molar-refractivity contribution in [2.45, 2.75) is 58.9 Å². The lowest BCUT2D eigenvalue weighted by Gasteiger charge is -2.14. The second-order valence-corrected chi connectivity index (χ2v) is 8.41. The molecule has 0 spiro atoms. The minimum absolute atomic E-state index is 0.00787. The summed E-state index contributed by atoms with van der Waals surface area (Å²) in [5.74, 6) is 0.453. The van der Waals surface area contributed by atoms with E-state index in [0.29, 0.717) is 25.8 Å². The van der Waals surface area contributed by atoms with Crippen molar-refractivity contribution in [3.63, 3.8) is 0 Å². The Kier molecular flexibility index (Phi) is 6.48. The summed E-state index contributed by atoms with van der Waals surface area (Å²) in [4.78, 5) is 35.0. The molecule has 0 saturated carbocycles. The van der Waals surface area contributed by atoms with Crippen LogP contribution in [-0.4, -0.2) is 49.4 Å². The lowest BCUT2D eigenvalue weighted by Crippen LogP contribution is -2.27. The average Bonchev–Trinajstić information content (AvgIpc) is 3.45. The fourth-order valence-corrected chi connectivity index (χ4v) is 4.39. The van der Waals surface area contributed by atoms with Crippen LogP contribution in [0.4, 0.5) is 0 Å². The molecule has 1 N–H and O–H groups in total. The summed E-state index contributed by atoms with van der Waals surface area (Å²) in [5.41, 5.74) is 5.83. The number of amides is 2. The molecule has 1 fully saturated rings. The van der Waals surface area contributed by atoms with E-state index in [0.717, 1.165) is 53.4 Å². The maximum atomic E-state index is 12.4. The summed E-state index contributed by atoms with van der Waals surface area (Å²) >= 11 is 0. The number of rotatable bonds is 7. The van der Waals surface area contributed by atoms with E-state index < -0.39 is 0 Å².